The van der Waals surface area contributed by atoms with Gasteiger partial charge in [-0.05, 0) is 6.07 Å². The average Bonchev–Trinajstić information content (AvgIpc) is 2.56. The molecule has 1 amide bonds. The van der Waals surface area contributed by atoms with Gasteiger partial charge in [-0.1, -0.05) is 23.2 Å². The number of carbonyl (C=O) groups is 1. The number of amides is 1. The number of hydrogen-bond donors (Lipinski definition) is 0. The summed E-state index contributed by atoms with van der Waals surface area (Å²) in [6.45, 7) is 0.0883. The Morgan fingerprint density at radius 3 is 2.74 bits per heavy atom. The predicted octanol–water partition coefficient (Wildman–Crippen LogP) is 2.04. The largest absolute Gasteiger partial charge is 0.309 e. The molecule has 2 heterocycles. The lowest BCUT2D eigenvalue weighted by Gasteiger charge is -2.17. The minimum absolute atomic E-state index is 0.0396. The van der Waals surface area contributed by atoms with Crippen LogP contribution in [0.1, 0.15) is 6.42 Å². The third-order valence-corrected chi connectivity index (χ3v) is 4.11. The Balaban J connectivity index is 2.20. The van der Waals surface area contributed by atoms with Crippen molar-refractivity contribution >= 4 is 45.0 Å². The van der Waals surface area contributed by atoms with Crippen LogP contribution >= 0.6 is 23.2 Å². The average molecular weight is 327 g/mol. The molecule has 1 aliphatic rings. The highest BCUT2D eigenvalue weighted by Gasteiger charge is 2.34. The summed E-state index contributed by atoms with van der Waals surface area (Å²) in [7, 11) is -4.60. The standard InChI is InChI=1S/C10H9Cl2FN2O3S/c11-7-2-9(12)14-3-8(7)15-4-6(1-10(15)16)5-19(13,17)18/h2-3,6H,1,4-5H2. The van der Waals surface area contributed by atoms with E-state index in [1.54, 1.807) is 0 Å². The van der Waals surface area contributed by atoms with Crippen LogP contribution in [0.25, 0.3) is 0 Å². The van der Waals surface area contributed by atoms with Gasteiger partial charge in [-0.15, -0.1) is 3.89 Å². The summed E-state index contributed by atoms with van der Waals surface area (Å²) >= 11 is 11.6. The van der Waals surface area contributed by atoms with Gasteiger partial charge in [0, 0.05) is 18.9 Å². The fourth-order valence-corrected chi connectivity index (χ4v) is 3.26. The van der Waals surface area contributed by atoms with Crippen molar-refractivity contribution in [3.05, 3.63) is 22.4 Å². The molecule has 0 bridgehead atoms. The van der Waals surface area contributed by atoms with E-state index in [2.05, 4.69) is 4.98 Å². The number of nitrogens with zero attached hydrogens (tertiary/aromatic N) is 2. The smallest absolute Gasteiger partial charge is 0.302 e. The summed E-state index contributed by atoms with van der Waals surface area (Å²) in [4.78, 5) is 16.9. The maximum Gasteiger partial charge on any atom is 0.302 e. The fraction of sp³-hybridized carbons (Fsp3) is 0.400. The van der Waals surface area contributed by atoms with E-state index in [-0.39, 0.29) is 29.0 Å². The minimum atomic E-state index is -4.60. The molecule has 2 rings (SSSR count). The van der Waals surface area contributed by atoms with Crippen LogP contribution in [0.2, 0.25) is 10.2 Å². The van der Waals surface area contributed by atoms with Crippen LogP contribution in [-0.4, -0.2) is 31.6 Å². The molecule has 0 aromatic carbocycles. The van der Waals surface area contributed by atoms with Gasteiger partial charge in [0.05, 0.1) is 22.7 Å². The maximum absolute atomic E-state index is 12.6. The first-order valence-corrected chi connectivity index (χ1v) is 7.61. The fourth-order valence-electron chi connectivity index (χ4n) is 2.01. The second kappa shape index (κ2) is 5.22. The molecule has 5 nitrogen and oxygen atoms in total. The second-order valence-electron chi connectivity index (χ2n) is 4.24. The van der Waals surface area contributed by atoms with Crippen molar-refractivity contribution in [2.45, 2.75) is 6.42 Å². The number of pyridine rings is 1. The van der Waals surface area contributed by atoms with E-state index < -0.39 is 21.9 Å². The highest BCUT2D eigenvalue weighted by molar-refractivity contribution is 7.86. The molecule has 0 saturated carbocycles. The van der Waals surface area contributed by atoms with Crippen molar-refractivity contribution in [2.75, 3.05) is 17.2 Å². The van der Waals surface area contributed by atoms with E-state index in [1.807, 2.05) is 0 Å². The summed E-state index contributed by atoms with van der Waals surface area (Å²) < 4.78 is 33.8. The van der Waals surface area contributed by atoms with Crippen molar-refractivity contribution in [3.8, 4) is 0 Å². The first-order valence-electron chi connectivity index (χ1n) is 5.30. The lowest BCUT2D eigenvalue weighted by molar-refractivity contribution is -0.117. The predicted molar refractivity (Wildman–Crippen MR) is 69.6 cm³/mol. The van der Waals surface area contributed by atoms with Gasteiger partial charge in [0.25, 0.3) is 0 Å². The van der Waals surface area contributed by atoms with Crippen LogP contribution in [0, 0.1) is 5.92 Å². The third-order valence-electron chi connectivity index (χ3n) is 2.73. The summed E-state index contributed by atoms with van der Waals surface area (Å²) in [5.41, 5.74) is 0.342. The number of hydrogen-bond acceptors (Lipinski definition) is 4. The van der Waals surface area contributed by atoms with Gasteiger partial charge < -0.3 is 4.90 Å². The Labute approximate surface area is 119 Å². The molecule has 1 aromatic rings. The molecule has 0 aliphatic carbocycles. The number of halogens is 3. The molecule has 1 saturated heterocycles. The number of aromatic nitrogens is 1. The zero-order valence-electron chi connectivity index (χ0n) is 9.51. The molecule has 1 fully saturated rings. The van der Waals surface area contributed by atoms with E-state index in [9.17, 15) is 17.1 Å². The Hall–Kier alpha value is -0.920. The van der Waals surface area contributed by atoms with Crippen LogP contribution in [0.4, 0.5) is 9.57 Å². The van der Waals surface area contributed by atoms with Gasteiger partial charge in [0.1, 0.15) is 5.15 Å². The molecule has 1 aliphatic heterocycles. The van der Waals surface area contributed by atoms with Crippen molar-refractivity contribution < 1.29 is 17.1 Å². The molecule has 19 heavy (non-hydrogen) atoms. The zero-order chi connectivity index (χ0) is 14.2. The topological polar surface area (TPSA) is 67.3 Å². The van der Waals surface area contributed by atoms with Crippen molar-refractivity contribution in [1.82, 2.24) is 4.98 Å². The molecule has 1 atom stereocenters. The van der Waals surface area contributed by atoms with Crippen LogP contribution < -0.4 is 4.90 Å². The molecule has 9 heteroatoms. The van der Waals surface area contributed by atoms with E-state index in [4.69, 9.17) is 23.2 Å². The molecule has 0 N–H and O–H groups in total. The van der Waals surface area contributed by atoms with E-state index in [0.717, 1.165) is 0 Å². The summed E-state index contributed by atoms with van der Waals surface area (Å²) in [5.74, 6) is -1.58. The molecular formula is C10H9Cl2FN2O3S. The van der Waals surface area contributed by atoms with Gasteiger partial charge in [-0.2, -0.15) is 8.42 Å². The van der Waals surface area contributed by atoms with Crippen LogP contribution in [0.3, 0.4) is 0 Å². The lowest BCUT2D eigenvalue weighted by atomic mass is 10.1. The molecule has 1 unspecified atom stereocenters. The maximum atomic E-state index is 12.6. The Bertz CT molecular complexity index is 623. The molecule has 0 radical (unpaired) electrons. The highest BCUT2D eigenvalue weighted by Crippen LogP contribution is 2.32. The SMILES string of the molecule is O=C1CC(CS(=O)(=O)F)CN1c1cnc(Cl)cc1Cl. The second-order valence-corrected chi connectivity index (χ2v) is 6.44. The Morgan fingerprint density at radius 1 is 1.47 bits per heavy atom. The number of anilines is 1. The van der Waals surface area contributed by atoms with Crippen molar-refractivity contribution in [3.63, 3.8) is 0 Å². The molecule has 1 aromatic heterocycles. The van der Waals surface area contributed by atoms with Crippen molar-refractivity contribution in [1.29, 1.82) is 0 Å². The molecular weight excluding hydrogens is 318 g/mol. The zero-order valence-corrected chi connectivity index (χ0v) is 11.8. The summed E-state index contributed by atoms with van der Waals surface area (Å²) in [6.07, 6.45) is 1.29. The number of rotatable bonds is 3. The van der Waals surface area contributed by atoms with E-state index in [0.29, 0.717) is 5.69 Å². The Kier molecular flexibility index (Phi) is 3.98. The summed E-state index contributed by atoms with van der Waals surface area (Å²) in [6, 6.07) is 1.38. The normalized spacial score (nSPS) is 20.1. The van der Waals surface area contributed by atoms with Gasteiger partial charge in [-0.25, -0.2) is 4.98 Å². The third kappa shape index (κ3) is 3.55. The molecule has 104 valence electrons. The first-order chi connectivity index (χ1) is 8.76. The van der Waals surface area contributed by atoms with Crippen LogP contribution in [0.15, 0.2) is 12.3 Å². The van der Waals surface area contributed by atoms with Crippen molar-refractivity contribution in [2.24, 2.45) is 5.92 Å². The first kappa shape index (κ1) is 14.5. The van der Waals surface area contributed by atoms with E-state index >= 15 is 0 Å². The van der Waals surface area contributed by atoms with Gasteiger partial charge in [0.15, 0.2) is 0 Å². The quantitative estimate of drug-likeness (QED) is 0.629. The van der Waals surface area contributed by atoms with E-state index in [1.165, 1.54) is 17.2 Å². The lowest BCUT2D eigenvalue weighted by Crippen LogP contribution is -2.25. The number of carbonyl (C=O) groups excluding carboxylic acids is 1. The van der Waals surface area contributed by atoms with Gasteiger partial charge in [0.2, 0.25) is 5.91 Å². The van der Waals surface area contributed by atoms with Gasteiger partial charge >= 0.3 is 10.2 Å². The highest BCUT2D eigenvalue weighted by atomic mass is 35.5. The summed E-state index contributed by atoms with van der Waals surface area (Å²) in [5, 5.41) is 0.417. The van der Waals surface area contributed by atoms with Crippen LogP contribution in [-0.2, 0) is 15.0 Å². The molecule has 0 spiro atoms. The van der Waals surface area contributed by atoms with Crippen LogP contribution in [0.5, 0.6) is 0 Å². The minimum Gasteiger partial charge on any atom is -0.309 e. The Morgan fingerprint density at radius 2 is 2.16 bits per heavy atom. The van der Waals surface area contributed by atoms with Gasteiger partial charge in [-0.3, -0.25) is 4.79 Å². The monoisotopic (exact) mass is 326 g/mol.